The quantitative estimate of drug-likeness (QED) is 0.873. The van der Waals surface area contributed by atoms with Gasteiger partial charge in [-0.2, -0.15) is 0 Å². The van der Waals surface area contributed by atoms with Crippen molar-refractivity contribution in [2.45, 2.75) is 6.92 Å². The summed E-state index contributed by atoms with van der Waals surface area (Å²) in [7, 11) is 0. The molecule has 1 amide bonds. The lowest BCUT2D eigenvalue weighted by Crippen LogP contribution is -2.03. The summed E-state index contributed by atoms with van der Waals surface area (Å²) in [5.41, 5.74) is 0.579. The normalized spacial score (nSPS) is 10.1. The van der Waals surface area contributed by atoms with Gasteiger partial charge in [0.05, 0.1) is 9.88 Å². The average Bonchev–Trinajstić information content (AvgIpc) is 2.76. The summed E-state index contributed by atoms with van der Waals surface area (Å²) < 4.78 is 0. The number of nitrogens with one attached hydrogen (secondary N) is 1. The minimum Gasteiger partial charge on any atom is -0.318 e. The van der Waals surface area contributed by atoms with Crippen molar-refractivity contribution in [3.05, 3.63) is 51.9 Å². The second-order valence-corrected chi connectivity index (χ2v) is 5.20. The minimum atomic E-state index is -0.151. The van der Waals surface area contributed by atoms with E-state index in [9.17, 15) is 9.59 Å². The molecule has 0 bridgehead atoms. The summed E-state index contributed by atoms with van der Waals surface area (Å²) in [5, 5.41) is 3.91. The highest BCUT2D eigenvalue weighted by atomic mass is 35.5. The van der Waals surface area contributed by atoms with Crippen molar-refractivity contribution >= 4 is 39.6 Å². The Morgan fingerprint density at radius 2 is 1.78 bits per heavy atom. The molecule has 2 rings (SSSR count). The van der Waals surface area contributed by atoms with Gasteiger partial charge in [-0.3, -0.25) is 9.59 Å². The molecule has 0 aliphatic heterocycles. The maximum absolute atomic E-state index is 12.1. The van der Waals surface area contributed by atoms with Crippen molar-refractivity contribution in [2.24, 2.45) is 0 Å². The van der Waals surface area contributed by atoms with E-state index >= 15 is 0 Å². The van der Waals surface area contributed by atoms with Gasteiger partial charge in [0.15, 0.2) is 0 Å². The van der Waals surface area contributed by atoms with Crippen LogP contribution in [0.15, 0.2) is 36.4 Å². The van der Waals surface area contributed by atoms with Crippen LogP contribution in [0, 0.1) is 0 Å². The number of anilines is 1. The first-order valence-corrected chi connectivity index (χ1v) is 6.43. The van der Waals surface area contributed by atoms with E-state index < -0.39 is 0 Å². The summed E-state index contributed by atoms with van der Waals surface area (Å²) >= 11 is 7.02. The van der Waals surface area contributed by atoms with Gasteiger partial charge in [0.25, 0.3) is 0 Å². The van der Waals surface area contributed by atoms with Crippen LogP contribution in [0.1, 0.15) is 22.2 Å². The minimum absolute atomic E-state index is 0.0757. The van der Waals surface area contributed by atoms with Gasteiger partial charge in [0.1, 0.15) is 0 Å². The second-order valence-electron chi connectivity index (χ2n) is 3.68. The van der Waals surface area contributed by atoms with E-state index in [0.29, 0.717) is 20.5 Å². The van der Waals surface area contributed by atoms with Gasteiger partial charge >= 0.3 is 0 Å². The van der Waals surface area contributed by atoms with E-state index in [4.69, 9.17) is 11.6 Å². The van der Waals surface area contributed by atoms with Crippen LogP contribution in [0.4, 0.5) is 5.00 Å². The van der Waals surface area contributed by atoms with Crippen LogP contribution in [-0.4, -0.2) is 11.7 Å². The molecule has 0 aliphatic rings. The third-order valence-electron chi connectivity index (χ3n) is 2.24. The van der Waals surface area contributed by atoms with Crippen molar-refractivity contribution in [1.29, 1.82) is 0 Å². The molecule has 92 valence electrons. The largest absolute Gasteiger partial charge is 0.318 e. The van der Waals surface area contributed by atoms with Crippen molar-refractivity contribution in [2.75, 3.05) is 5.32 Å². The van der Waals surface area contributed by atoms with Crippen molar-refractivity contribution in [1.82, 2.24) is 0 Å². The number of rotatable bonds is 3. The summed E-state index contributed by atoms with van der Waals surface area (Å²) in [5.74, 6) is -0.226. The molecule has 3 nitrogen and oxygen atoms in total. The molecule has 1 aromatic heterocycles. The lowest BCUT2D eigenvalue weighted by Gasteiger charge is -1.98. The van der Waals surface area contributed by atoms with Crippen LogP contribution in [0.5, 0.6) is 0 Å². The van der Waals surface area contributed by atoms with E-state index in [0.717, 1.165) is 0 Å². The van der Waals surface area contributed by atoms with Crippen LogP contribution in [0.25, 0.3) is 0 Å². The standard InChI is InChI=1S/C13H10ClNO2S/c1-8(16)15-12-7-6-11(18-12)13(17)9-2-4-10(14)5-3-9/h2-7H,1H3,(H,15,16). The molecule has 0 aliphatic carbocycles. The maximum atomic E-state index is 12.1. The van der Waals surface area contributed by atoms with Crippen LogP contribution in [0.2, 0.25) is 5.02 Å². The van der Waals surface area contributed by atoms with E-state index in [-0.39, 0.29) is 11.7 Å². The van der Waals surface area contributed by atoms with Gasteiger partial charge in [0.2, 0.25) is 11.7 Å². The Morgan fingerprint density at radius 3 is 2.39 bits per heavy atom. The molecule has 5 heteroatoms. The number of carbonyl (C=O) groups excluding carboxylic acids is 2. The topological polar surface area (TPSA) is 46.2 Å². The van der Waals surface area contributed by atoms with Gasteiger partial charge in [-0.05, 0) is 36.4 Å². The van der Waals surface area contributed by atoms with Gasteiger partial charge in [-0.15, -0.1) is 11.3 Å². The van der Waals surface area contributed by atoms with Crippen LogP contribution >= 0.6 is 22.9 Å². The zero-order chi connectivity index (χ0) is 13.1. The number of benzene rings is 1. The molecule has 0 fully saturated rings. The van der Waals surface area contributed by atoms with Crippen molar-refractivity contribution in [3.8, 4) is 0 Å². The number of hydrogen-bond donors (Lipinski definition) is 1. The molecule has 0 radical (unpaired) electrons. The summed E-state index contributed by atoms with van der Waals surface area (Å²) in [4.78, 5) is 23.6. The number of ketones is 1. The molecule has 0 saturated heterocycles. The number of amides is 1. The Kier molecular flexibility index (Phi) is 3.79. The van der Waals surface area contributed by atoms with E-state index in [1.54, 1.807) is 36.4 Å². The molecule has 2 aromatic rings. The third-order valence-corrected chi connectivity index (χ3v) is 3.49. The van der Waals surface area contributed by atoms with Crippen molar-refractivity contribution in [3.63, 3.8) is 0 Å². The first kappa shape index (κ1) is 12.8. The fraction of sp³-hybridized carbons (Fsp3) is 0.0769. The first-order valence-electron chi connectivity index (χ1n) is 5.24. The lowest BCUT2D eigenvalue weighted by molar-refractivity contribution is -0.114. The predicted molar refractivity (Wildman–Crippen MR) is 73.5 cm³/mol. The Morgan fingerprint density at radius 1 is 1.11 bits per heavy atom. The third kappa shape index (κ3) is 2.97. The van der Waals surface area contributed by atoms with Gasteiger partial charge in [-0.1, -0.05) is 11.6 Å². The molecule has 0 spiro atoms. The Hall–Kier alpha value is -1.65. The van der Waals surface area contributed by atoms with Crippen LogP contribution < -0.4 is 5.32 Å². The summed E-state index contributed by atoms with van der Waals surface area (Å²) in [6.45, 7) is 1.43. The number of thiophene rings is 1. The van der Waals surface area contributed by atoms with Gasteiger partial charge in [-0.25, -0.2) is 0 Å². The SMILES string of the molecule is CC(=O)Nc1ccc(C(=O)c2ccc(Cl)cc2)s1. The highest BCUT2D eigenvalue weighted by Crippen LogP contribution is 2.24. The first-order chi connectivity index (χ1) is 8.56. The molecular formula is C13H10ClNO2S. The molecule has 1 N–H and O–H groups in total. The number of carbonyl (C=O) groups is 2. The fourth-order valence-electron chi connectivity index (χ4n) is 1.44. The smallest absolute Gasteiger partial charge is 0.221 e. The molecule has 0 atom stereocenters. The lowest BCUT2D eigenvalue weighted by atomic mass is 10.1. The summed E-state index contributed by atoms with van der Waals surface area (Å²) in [6, 6.07) is 10.1. The van der Waals surface area contributed by atoms with E-state index in [2.05, 4.69) is 5.32 Å². The monoisotopic (exact) mass is 279 g/mol. The molecule has 0 saturated carbocycles. The van der Waals surface area contributed by atoms with Crippen LogP contribution in [0.3, 0.4) is 0 Å². The zero-order valence-electron chi connectivity index (χ0n) is 9.57. The highest BCUT2D eigenvalue weighted by Gasteiger charge is 2.12. The second kappa shape index (κ2) is 5.33. The van der Waals surface area contributed by atoms with E-state index in [1.807, 2.05) is 0 Å². The summed E-state index contributed by atoms with van der Waals surface area (Å²) in [6.07, 6.45) is 0. The highest BCUT2D eigenvalue weighted by molar-refractivity contribution is 7.18. The van der Waals surface area contributed by atoms with E-state index in [1.165, 1.54) is 18.3 Å². The maximum Gasteiger partial charge on any atom is 0.221 e. The molecule has 0 unspecified atom stereocenters. The Bertz CT molecular complexity index is 589. The Labute approximate surface area is 113 Å². The zero-order valence-corrected chi connectivity index (χ0v) is 11.1. The number of halogens is 1. The van der Waals surface area contributed by atoms with Gasteiger partial charge < -0.3 is 5.32 Å². The molecule has 1 aromatic carbocycles. The average molecular weight is 280 g/mol. The predicted octanol–water partition coefficient (Wildman–Crippen LogP) is 3.59. The number of hydrogen-bond acceptors (Lipinski definition) is 3. The fourth-order valence-corrected chi connectivity index (χ4v) is 2.48. The molecule has 18 heavy (non-hydrogen) atoms. The van der Waals surface area contributed by atoms with Crippen LogP contribution in [-0.2, 0) is 4.79 Å². The van der Waals surface area contributed by atoms with Crippen molar-refractivity contribution < 1.29 is 9.59 Å². The Balaban J connectivity index is 2.21. The molecule has 1 heterocycles. The molecular weight excluding hydrogens is 270 g/mol. The van der Waals surface area contributed by atoms with Gasteiger partial charge in [0, 0.05) is 17.5 Å².